The topological polar surface area (TPSA) is 45.0 Å². The zero-order valence-corrected chi connectivity index (χ0v) is 12.0. The SMILES string of the molecule is CCC(C#N)(CCCOCC(C)C)NC(C)C. The van der Waals surface area contributed by atoms with Gasteiger partial charge in [0.25, 0.3) is 0 Å². The molecule has 0 aliphatic carbocycles. The van der Waals surface area contributed by atoms with Crippen LogP contribution < -0.4 is 5.32 Å². The third-order valence-electron chi connectivity index (χ3n) is 2.73. The smallest absolute Gasteiger partial charge is 0.106 e. The summed E-state index contributed by atoms with van der Waals surface area (Å²) in [6, 6.07) is 2.77. The van der Waals surface area contributed by atoms with E-state index in [2.05, 4.69) is 46.0 Å². The molecule has 0 aliphatic rings. The molecule has 0 saturated heterocycles. The van der Waals surface area contributed by atoms with Gasteiger partial charge >= 0.3 is 0 Å². The van der Waals surface area contributed by atoms with E-state index < -0.39 is 0 Å². The second-order valence-electron chi connectivity index (χ2n) is 5.42. The molecule has 0 aromatic carbocycles. The van der Waals surface area contributed by atoms with Gasteiger partial charge in [0.05, 0.1) is 6.07 Å². The lowest BCUT2D eigenvalue weighted by molar-refractivity contribution is 0.102. The zero-order valence-electron chi connectivity index (χ0n) is 12.0. The molecule has 0 spiro atoms. The van der Waals surface area contributed by atoms with Crippen molar-refractivity contribution in [3.63, 3.8) is 0 Å². The van der Waals surface area contributed by atoms with Gasteiger partial charge in [0.2, 0.25) is 0 Å². The van der Waals surface area contributed by atoms with Crippen molar-refractivity contribution < 1.29 is 4.74 Å². The lowest BCUT2D eigenvalue weighted by atomic mass is 9.91. The monoisotopic (exact) mass is 240 g/mol. The number of nitriles is 1. The Kier molecular flexibility index (Phi) is 8.20. The number of nitrogens with one attached hydrogen (secondary N) is 1. The minimum atomic E-state index is -0.380. The van der Waals surface area contributed by atoms with Crippen LogP contribution in [0.1, 0.15) is 53.9 Å². The van der Waals surface area contributed by atoms with Crippen LogP contribution in [0.3, 0.4) is 0 Å². The van der Waals surface area contributed by atoms with Gasteiger partial charge in [0.1, 0.15) is 5.54 Å². The van der Waals surface area contributed by atoms with E-state index in [1.54, 1.807) is 0 Å². The molecule has 3 nitrogen and oxygen atoms in total. The molecule has 0 rings (SSSR count). The predicted octanol–water partition coefficient (Wildman–Crippen LogP) is 3.11. The van der Waals surface area contributed by atoms with Crippen molar-refractivity contribution in [1.29, 1.82) is 5.26 Å². The zero-order chi connectivity index (χ0) is 13.3. The first-order valence-corrected chi connectivity index (χ1v) is 6.72. The first-order chi connectivity index (χ1) is 7.95. The molecule has 0 heterocycles. The summed E-state index contributed by atoms with van der Waals surface area (Å²) in [6.45, 7) is 12.1. The third kappa shape index (κ3) is 7.36. The van der Waals surface area contributed by atoms with Crippen LogP contribution in [0.15, 0.2) is 0 Å². The van der Waals surface area contributed by atoms with Crippen LogP contribution >= 0.6 is 0 Å². The summed E-state index contributed by atoms with van der Waals surface area (Å²) >= 11 is 0. The average Bonchev–Trinajstić information content (AvgIpc) is 2.26. The number of nitrogens with zero attached hydrogens (tertiary/aromatic N) is 1. The van der Waals surface area contributed by atoms with Gasteiger partial charge in [-0.25, -0.2) is 0 Å². The molecule has 0 aromatic rings. The third-order valence-corrected chi connectivity index (χ3v) is 2.73. The van der Waals surface area contributed by atoms with Gasteiger partial charge < -0.3 is 4.74 Å². The molecule has 0 aromatic heterocycles. The fraction of sp³-hybridized carbons (Fsp3) is 0.929. The Morgan fingerprint density at radius 2 is 1.94 bits per heavy atom. The van der Waals surface area contributed by atoms with Gasteiger partial charge in [0, 0.05) is 19.3 Å². The van der Waals surface area contributed by atoms with E-state index in [1.807, 2.05) is 0 Å². The molecule has 17 heavy (non-hydrogen) atoms. The van der Waals surface area contributed by atoms with Crippen LogP contribution in [0, 0.1) is 17.2 Å². The van der Waals surface area contributed by atoms with Gasteiger partial charge in [-0.2, -0.15) is 5.26 Å². The highest BCUT2D eigenvalue weighted by molar-refractivity contribution is 5.06. The van der Waals surface area contributed by atoms with E-state index >= 15 is 0 Å². The van der Waals surface area contributed by atoms with E-state index in [-0.39, 0.29) is 5.54 Å². The van der Waals surface area contributed by atoms with Crippen LogP contribution in [0.2, 0.25) is 0 Å². The highest BCUT2D eigenvalue weighted by Crippen LogP contribution is 2.17. The maximum absolute atomic E-state index is 9.32. The lowest BCUT2D eigenvalue weighted by Gasteiger charge is -2.29. The molecular formula is C14H28N2O. The molecule has 1 unspecified atom stereocenters. The quantitative estimate of drug-likeness (QED) is 0.630. The van der Waals surface area contributed by atoms with Gasteiger partial charge in [-0.1, -0.05) is 20.8 Å². The van der Waals surface area contributed by atoms with Crippen LogP contribution in [0.25, 0.3) is 0 Å². The maximum atomic E-state index is 9.32. The van der Waals surface area contributed by atoms with Crippen LogP contribution in [-0.4, -0.2) is 24.8 Å². The standard InChI is InChI=1S/C14H28N2O/c1-6-14(11-15,16-13(4)5)8-7-9-17-10-12(2)3/h12-13,16H,6-10H2,1-5H3. The molecule has 1 atom stereocenters. The molecule has 0 fully saturated rings. The van der Waals surface area contributed by atoms with Crippen LogP contribution in [0.4, 0.5) is 0 Å². The Labute approximate surface area is 107 Å². The fourth-order valence-electron chi connectivity index (χ4n) is 1.87. The van der Waals surface area contributed by atoms with E-state index in [4.69, 9.17) is 4.74 Å². The van der Waals surface area contributed by atoms with Crippen LogP contribution in [0.5, 0.6) is 0 Å². The van der Waals surface area contributed by atoms with E-state index in [0.717, 1.165) is 32.5 Å². The molecule has 1 N–H and O–H groups in total. The first kappa shape index (κ1) is 16.4. The Bertz CT molecular complexity index is 233. The molecular weight excluding hydrogens is 212 g/mol. The lowest BCUT2D eigenvalue weighted by Crippen LogP contribution is -2.47. The minimum absolute atomic E-state index is 0.339. The highest BCUT2D eigenvalue weighted by atomic mass is 16.5. The highest BCUT2D eigenvalue weighted by Gasteiger charge is 2.27. The summed E-state index contributed by atoms with van der Waals surface area (Å²) in [7, 11) is 0. The predicted molar refractivity (Wildman–Crippen MR) is 71.8 cm³/mol. The van der Waals surface area contributed by atoms with Gasteiger partial charge in [-0.05, 0) is 39.0 Å². The second kappa shape index (κ2) is 8.49. The van der Waals surface area contributed by atoms with E-state index in [9.17, 15) is 5.26 Å². The van der Waals surface area contributed by atoms with Crippen molar-refractivity contribution in [2.75, 3.05) is 13.2 Å². The van der Waals surface area contributed by atoms with Crippen LogP contribution in [-0.2, 0) is 4.74 Å². The summed E-state index contributed by atoms with van der Waals surface area (Å²) in [5, 5.41) is 12.7. The van der Waals surface area contributed by atoms with E-state index in [0.29, 0.717) is 12.0 Å². The second-order valence-corrected chi connectivity index (χ2v) is 5.42. The number of rotatable bonds is 9. The Morgan fingerprint density at radius 1 is 1.29 bits per heavy atom. The Balaban J connectivity index is 3.98. The Morgan fingerprint density at radius 3 is 2.35 bits per heavy atom. The average molecular weight is 240 g/mol. The summed E-state index contributed by atoms with van der Waals surface area (Å²) in [6.07, 6.45) is 2.63. The molecule has 0 bridgehead atoms. The van der Waals surface area contributed by atoms with Gasteiger partial charge in [-0.3, -0.25) is 5.32 Å². The number of hydrogen-bond acceptors (Lipinski definition) is 3. The molecule has 0 saturated carbocycles. The Hall–Kier alpha value is -0.590. The van der Waals surface area contributed by atoms with Crippen molar-refractivity contribution in [2.24, 2.45) is 5.92 Å². The molecule has 100 valence electrons. The fourth-order valence-corrected chi connectivity index (χ4v) is 1.87. The van der Waals surface area contributed by atoms with Crippen molar-refractivity contribution in [3.8, 4) is 6.07 Å². The molecule has 0 radical (unpaired) electrons. The van der Waals surface area contributed by atoms with Gasteiger partial charge in [0.15, 0.2) is 0 Å². The number of ether oxygens (including phenoxy) is 1. The van der Waals surface area contributed by atoms with Crippen molar-refractivity contribution in [1.82, 2.24) is 5.32 Å². The van der Waals surface area contributed by atoms with Gasteiger partial charge in [-0.15, -0.1) is 0 Å². The molecule has 0 amide bonds. The summed E-state index contributed by atoms with van der Waals surface area (Å²) in [5.74, 6) is 0.579. The largest absolute Gasteiger partial charge is 0.381 e. The summed E-state index contributed by atoms with van der Waals surface area (Å²) in [4.78, 5) is 0. The first-order valence-electron chi connectivity index (χ1n) is 6.72. The number of hydrogen-bond donors (Lipinski definition) is 1. The summed E-state index contributed by atoms with van der Waals surface area (Å²) < 4.78 is 5.55. The van der Waals surface area contributed by atoms with Crippen molar-refractivity contribution >= 4 is 0 Å². The van der Waals surface area contributed by atoms with Crippen molar-refractivity contribution in [2.45, 2.75) is 65.5 Å². The molecule has 3 heteroatoms. The molecule has 0 aliphatic heterocycles. The maximum Gasteiger partial charge on any atom is 0.106 e. The summed E-state index contributed by atoms with van der Waals surface area (Å²) in [5.41, 5.74) is -0.380. The minimum Gasteiger partial charge on any atom is -0.381 e. The van der Waals surface area contributed by atoms with E-state index in [1.165, 1.54) is 0 Å². The normalized spacial score (nSPS) is 14.9. The van der Waals surface area contributed by atoms with Crippen molar-refractivity contribution in [3.05, 3.63) is 0 Å².